The first-order valence-electron chi connectivity index (χ1n) is 9.41. The summed E-state index contributed by atoms with van der Waals surface area (Å²) in [7, 11) is 2.25. The lowest BCUT2D eigenvalue weighted by molar-refractivity contribution is 0.268. The molecular formula is C21H27N3. The molecule has 2 aromatic rings. The molecule has 1 fully saturated rings. The summed E-state index contributed by atoms with van der Waals surface area (Å²) in [5.41, 5.74) is 5.26. The van der Waals surface area contributed by atoms with Crippen molar-refractivity contribution in [2.75, 3.05) is 13.6 Å². The second-order valence-electron chi connectivity index (χ2n) is 7.55. The van der Waals surface area contributed by atoms with Gasteiger partial charge in [-0.15, -0.1) is 0 Å². The minimum atomic E-state index is 0.737. The van der Waals surface area contributed by atoms with E-state index < -0.39 is 0 Å². The standard InChI is InChI=1S/C21H27N3/c1-24-13-11-20(16-6-3-2-4-7-16)19-10-9-17(14-18(19)15-24)21-8-5-12-22-23-21/h5,8-10,12,14,16,20H,2-4,6-7,11,13,15H2,1H3. The fourth-order valence-corrected chi connectivity index (χ4v) is 4.63. The molecule has 0 spiro atoms. The van der Waals surface area contributed by atoms with Crippen molar-refractivity contribution in [3.63, 3.8) is 0 Å². The van der Waals surface area contributed by atoms with Gasteiger partial charge in [0.2, 0.25) is 0 Å². The molecule has 3 heteroatoms. The number of hydrogen-bond donors (Lipinski definition) is 0. The third-order valence-corrected chi connectivity index (χ3v) is 5.89. The number of aromatic nitrogens is 2. The monoisotopic (exact) mass is 321 g/mol. The molecule has 126 valence electrons. The Bertz CT molecular complexity index is 677. The van der Waals surface area contributed by atoms with Crippen LogP contribution >= 0.6 is 0 Å². The van der Waals surface area contributed by atoms with Gasteiger partial charge in [-0.25, -0.2) is 0 Å². The predicted octanol–water partition coefficient (Wildman–Crippen LogP) is 4.64. The largest absolute Gasteiger partial charge is 0.302 e. The molecule has 1 aromatic heterocycles. The minimum Gasteiger partial charge on any atom is -0.302 e. The Morgan fingerprint density at radius 3 is 2.71 bits per heavy atom. The van der Waals surface area contributed by atoms with Gasteiger partial charge in [0, 0.05) is 18.3 Å². The SMILES string of the molecule is CN1CCC(C2CCCCC2)c2ccc(-c3cccnn3)cc2C1. The maximum Gasteiger partial charge on any atom is 0.0929 e. The van der Waals surface area contributed by atoms with Crippen molar-refractivity contribution in [1.82, 2.24) is 15.1 Å². The van der Waals surface area contributed by atoms with Crippen LogP contribution in [-0.2, 0) is 6.54 Å². The molecule has 0 saturated heterocycles. The van der Waals surface area contributed by atoms with Gasteiger partial charge in [-0.2, -0.15) is 10.2 Å². The van der Waals surface area contributed by atoms with Crippen molar-refractivity contribution in [3.8, 4) is 11.3 Å². The van der Waals surface area contributed by atoms with Crippen molar-refractivity contribution in [2.45, 2.75) is 51.0 Å². The average molecular weight is 321 g/mol. The molecule has 0 radical (unpaired) electrons. The summed E-state index contributed by atoms with van der Waals surface area (Å²) in [6, 6.07) is 11.0. The first-order valence-corrected chi connectivity index (χ1v) is 9.41. The van der Waals surface area contributed by atoms with E-state index >= 15 is 0 Å². The lowest BCUT2D eigenvalue weighted by Crippen LogP contribution is -2.20. The second-order valence-corrected chi connectivity index (χ2v) is 7.55. The summed E-state index contributed by atoms with van der Waals surface area (Å²) in [5.74, 6) is 1.62. The summed E-state index contributed by atoms with van der Waals surface area (Å²) in [6.07, 6.45) is 10.1. The summed E-state index contributed by atoms with van der Waals surface area (Å²) < 4.78 is 0. The van der Waals surface area contributed by atoms with E-state index in [1.165, 1.54) is 56.2 Å². The maximum atomic E-state index is 4.29. The Balaban J connectivity index is 1.70. The molecule has 0 amide bonds. The van der Waals surface area contributed by atoms with Gasteiger partial charge >= 0.3 is 0 Å². The van der Waals surface area contributed by atoms with Crippen LogP contribution in [0.5, 0.6) is 0 Å². The van der Waals surface area contributed by atoms with Crippen LogP contribution in [0.15, 0.2) is 36.5 Å². The molecule has 24 heavy (non-hydrogen) atoms. The molecule has 3 nitrogen and oxygen atoms in total. The van der Waals surface area contributed by atoms with Crippen molar-refractivity contribution in [1.29, 1.82) is 0 Å². The second kappa shape index (κ2) is 7.02. The van der Waals surface area contributed by atoms with Crippen LogP contribution in [0, 0.1) is 5.92 Å². The summed E-state index contributed by atoms with van der Waals surface area (Å²) in [4.78, 5) is 2.47. The Morgan fingerprint density at radius 2 is 1.92 bits per heavy atom. The lowest BCUT2D eigenvalue weighted by Gasteiger charge is -2.31. The minimum absolute atomic E-state index is 0.737. The lowest BCUT2D eigenvalue weighted by atomic mass is 9.74. The first kappa shape index (κ1) is 15.8. The van der Waals surface area contributed by atoms with Crippen molar-refractivity contribution < 1.29 is 0 Å². The smallest absolute Gasteiger partial charge is 0.0929 e. The Morgan fingerprint density at radius 1 is 1.04 bits per heavy atom. The molecule has 0 bridgehead atoms. The summed E-state index contributed by atoms with van der Waals surface area (Å²) in [5, 5.41) is 8.32. The van der Waals surface area contributed by atoms with E-state index in [4.69, 9.17) is 0 Å². The third kappa shape index (κ3) is 3.23. The van der Waals surface area contributed by atoms with Crippen LogP contribution in [0.2, 0.25) is 0 Å². The van der Waals surface area contributed by atoms with Gasteiger partial charge in [-0.3, -0.25) is 0 Å². The van der Waals surface area contributed by atoms with E-state index in [0.717, 1.165) is 24.1 Å². The highest BCUT2D eigenvalue weighted by Gasteiger charge is 2.29. The Labute approximate surface area is 145 Å². The van der Waals surface area contributed by atoms with Gasteiger partial charge in [0.1, 0.15) is 0 Å². The maximum absolute atomic E-state index is 4.29. The van der Waals surface area contributed by atoms with Gasteiger partial charge in [0.25, 0.3) is 0 Å². The Hall–Kier alpha value is -1.74. The number of benzene rings is 1. The number of hydrogen-bond acceptors (Lipinski definition) is 3. The zero-order valence-electron chi connectivity index (χ0n) is 14.6. The molecule has 1 aromatic carbocycles. The normalized spacial score (nSPS) is 22.8. The molecule has 2 aliphatic rings. The number of nitrogens with zero attached hydrogens (tertiary/aromatic N) is 3. The molecule has 4 rings (SSSR count). The number of rotatable bonds is 2. The fraction of sp³-hybridized carbons (Fsp3) is 0.524. The summed E-state index contributed by atoms with van der Waals surface area (Å²) in [6.45, 7) is 2.25. The molecule has 1 aliphatic carbocycles. The third-order valence-electron chi connectivity index (χ3n) is 5.89. The molecule has 2 heterocycles. The van der Waals surface area contributed by atoms with Crippen LogP contribution in [-0.4, -0.2) is 28.7 Å². The first-order chi connectivity index (χ1) is 11.8. The molecule has 1 aliphatic heterocycles. The zero-order chi connectivity index (χ0) is 16.4. The van der Waals surface area contributed by atoms with E-state index in [1.807, 2.05) is 12.1 Å². The van der Waals surface area contributed by atoms with Crippen LogP contribution in [0.3, 0.4) is 0 Å². The van der Waals surface area contributed by atoms with Crippen molar-refractivity contribution in [2.24, 2.45) is 5.92 Å². The van der Waals surface area contributed by atoms with Crippen LogP contribution < -0.4 is 0 Å². The molecular weight excluding hydrogens is 294 g/mol. The van der Waals surface area contributed by atoms with Crippen LogP contribution in [0.1, 0.15) is 55.6 Å². The molecule has 1 atom stereocenters. The van der Waals surface area contributed by atoms with Gasteiger partial charge in [-0.1, -0.05) is 31.4 Å². The van der Waals surface area contributed by atoms with Crippen molar-refractivity contribution >= 4 is 0 Å². The van der Waals surface area contributed by atoms with Gasteiger partial charge < -0.3 is 4.90 Å². The Kier molecular flexibility index (Phi) is 4.61. The van der Waals surface area contributed by atoms with E-state index in [2.05, 4.69) is 40.3 Å². The summed E-state index contributed by atoms with van der Waals surface area (Å²) >= 11 is 0. The van der Waals surface area contributed by atoms with E-state index in [-0.39, 0.29) is 0 Å². The molecule has 1 unspecified atom stereocenters. The number of fused-ring (bicyclic) bond motifs is 1. The van der Waals surface area contributed by atoms with E-state index in [9.17, 15) is 0 Å². The van der Waals surface area contributed by atoms with E-state index in [1.54, 1.807) is 11.8 Å². The highest BCUT2D eigenvalue weighted by molar-refractivity contribution is 5.60. The predicted molar refractivity (Wildman–Crippen MR) is 97.7 cm³/mol. The highest BCUT2D eigenvalue weighted by atomic mass is 15.1. The van der Waals surface area contributed by atoms with Crippen LogP contribution in [0.25, 0.3) is 11.3 Å². The molecule has 1 saturated carbocycles. The quantitative estimate of drug-likeness (QED) is 0.806. The van der Waals surface area contributed by atoms with Crippen molar-refractivity contribution in [3.05, 3.63) is 47.7 Å². The fourth-order valence-electron chi connectivity index (χ4n) is 4.63. The highest BCUT2D eigenvalue weighted by Crippen LogP contribution is 2.41. The van der Waals surface area contributed by atoms with E-state index in [0.29, 0.717) is 0 Å². The van der Waals surface area contributed by atoms with Gasteiger partial charge in [0.05, 0.1) is 5.69 Å². The van der Waals surface area contributed by atoms with Crippen LogP contribution in [0.4, 0.5) is 0 Å². The topological polar surface area (TPSA) is 29.0 Å². The molecule has 0 N–H and O–H groups in total. The van der Waals surface area contributed by atoms with Gasteiger partial charge in [0.15, 0.2) is 0 Å². The van der Waals surface area contributed by atoms with Gasteiger partial charge in [-0.05, 0) is 74.0 Å². The average Bonchev–Trinajstić information content (AvgIpc) is 2.80. The zero-order valence-corrected chi connectivity index (χ0v) is 14.6.